The molecule has 0 spiro atoms. The Kier molecular flexibility index (Phi) is 19.0. The molecular formula is C21H39N. The lowest BCUT2D eigenvalue weighted by molar-refractivity contribution is 0.486. The van der Waals surface area contributed by atoms with Crippen molar-refractivity contribution in [2.75, 3.05) is 0 Å². The number of unbranched alkanes of at least 4 members (excludes halogenated alkanes) is 2. The van der Waals surface area contributed by atoms with Gasteiger partial charge in [0, 0.05) is 12.1 Å². The molecule has 0 bridgehead atoms. The molecule has 0 rings (SSSR count). The number of aliphatic imine (C=N–C) groups is 1. The van der Waals surface area contributed by atoms with E-state index in [1.165, 1.54) is 50.5 Å². The number of allylic oxidation sites excluding steroid dienone is 3. The second-order valence-corrected chi connectivity index (χ2v) is 5.42. The quantitative estimate of drug-likeness (QED) is 0.277. The highest BCUT2D eigenvalue weighted by Gasteiger charge is 2.11. The Morgan fingerprint density at radius 1 is 1.05 bits per heavy atom. The van der Waals surface area contributed by atoms with Crippen molar-refractivity contribution < 1.29 is 0 Å². The minimum Gasteiger partial charge on any atom is -0.252 e. The molecule has 0 aromatic heterocycles. The Balaban J connectivity index is 0. The summed E-state index contributed by atoms with van der Waals surface area (Å²) in [6.07, 6.45) is 13.9. The second-order valence-electron chi connectivity index (χ2n) is 5.42. The first-order valence-electron chi connectivity index (χ1n) is 9.32. The third-order valence-electron chi connectivity index (χ3n) is 3.67. The van der Waals surface area contributed by atoms with Crippen LogP contribution in [0.2, 0.25) is 0 Å². The summed E-state index contributed by atoms with van der Waals surface area (Å²) in [6.45, 7) is 16.6. The van der Waals surface area contributed by atoms with E-state index in [1.54, 1.807) is 0 Å². The van der Waals surface area contributed by atoms with Crippen molar-refractivity contribution in [1.82, 2.24) is 0 Å². The van der Waals surface area contributed by atoms with Gasteiger partial charge in [-0.1, -0.05) is 73.0 Å². The molecular weight excluding hydrogens is 266 g/mol. The maximum Gasteiger partial charge on any atom is 0.0845 e. The zero-order valence-electron chi connectivity index (χ0n) is 16.0. The number of hydrogen-bond donors (Lipinski definition) is 0. The zero-order chi connectivity index (χ0) is 17.2. The molecule has 1 unspecified atom stereocenters. The molecule has 0 fully saturated rings. The fourth-order valence-electron chi connectivity index (χ4n) is 2.33. The number of nitrogens with zero attached hydrogens (tertiary/aromatic N) is 1. The maximum atomic E-state index is 4.69. The Morgan fingerprint density at radius 3 is 2.14 bits per heavy atom. The van der Waals surface area contributed by atoms with Gasteiger partial charge in [-0.25, -0.2) is 0 Å². The van der Waals surface area contributed by atoms with E-state index in [9.17, 15) is 0 Å². The van der Waals surface area contributed by atoms with Gasteiger partial charge in [0.2, 0.25) is 0 Å². The van der Waals surface area contributed by atoms with Gasteiger partial charge in [-0.2, -0.15) is 0 Å². The summed E-state index contributed by atoms with van der Waals surface area (Å²) in [4.78, 5) is 4.69. The monoisotopic (exact) mass is 305 g/mol. The van der Waals surface area contributed by atoms with Crippen LogP contribution in [0.25, 0.3) is 0 Å². The van der Waals surface area contributed by atoms with Crippen LogP contribution in [0.5, 0.6) is 0 Å². The molecule has 0 saturated carbocycles. The SMILES string of the molecule is C=C=C(N=C/C(=C\C)CCCC)C(CCC)CCCC.CC. The van der Waals surface area contributed by atoms with Crippen molar-refractivity contribution in [1.29, 1.82) is 0 Å². The highest BCUT2D eigenvalue weighted by atomic mass is 14.7. The molecule has 0 aliphatic heterocycles. The summed E-state index contributed by atoms with van der Waals surface area (Å²) in [6, 6.07) is 0. The summed E-state index contributed by atoms with van der Waals surface area (Å²) < 4.78 is 0. The molecule has 1 atom stereocenters. The Bertz CT molecular complexity index is 343. The van der Waals surface area contributed by atoms with E-state index in [2.05, 4.69) is 51.1 Å². The standard InChI is InChI=1S/C19H33N.C2H6/c1-6-11-14-17(9-4)16-20-19(10-5)18(13-8-3)15-12-7-2;1-2/h9,16,18H,5-8,11-15H2,1-4H3;1-2H3/b17-9-,20-16?;. The molecule has 22 heavy (non-hydrogen) atoms. The summed E-state index contributed by atoms with van der Waals surface area (Å²) in [5.41, 5.74) is 5.45. The van der Waals surface area contributed by atoms with Gasteiger partial charge < -0.3 is 0 Å². The van der Waals surface area contributed by atoms with Crippen molar-refractivity contribution in [2.24, 2.45) is 10.9 Å². The van der Waals surface area contributed by atoms with Gasteiger partial charge in [-0.05, 0) is 38.2 Å². The van der Waals surface area contributed by atoms with Crippen molar-refractivity contribution in [2.45, 2.75) is 92.9 Å². The predicted octanol–water partition coefficient (Wildman–Crippen LogP) is 7.50. The second kappa shape index (κ2) is 18.0. The first kappa shape index (κ1) is 23.2. The van der Waals surface area contributed by atoms with Crippen LogP contribution in [0, 0.1) is 5.92 Å². The summed E-state index contributed by atoms with van der Waals surface area (Å²) >= 11 is 0. The minimum absolute atomic E-state index is 0.526. The van der Waals surface area contributed by atoms with E-state index in [0.29, 0.717) is 5.92 Å². The Labute approximate surface area is 140 Å². The molecule has 0 N–H and O–H groups in total. The molecule has 0 saturated heterocycles. The third kappa shape index (κ3) is 11.6. The van der Waals surface area contributed by atoms with Gasteiger partial charge in [0.25, 0.3) is 0 Å². The normalized spacial score (nSPS) is 12.5. The number of hydrogen-bond acceptors (Lipinski definition) is 1. The number of rotatable bonds is 11. The average molecular weight is 306 g/mol. The van der Waals surface area contributed by atoms with E-state index in [-0.39, 0.29) is 0 Å². The molecule has 128 valence electrons. The molecule has 0 radical (unpaired) electrons. The summed E-state index contributed by atoms with van der Waals surface area (Å²) in [5.74, 6) is 0.526. The van der Waals surface area contributed by atoms with Crippen molar-refractivity contribution in [3.8, 4) is 0 Å². The van der Waals surface area contributed by atoms with Crippen LogP contribution in [0.15, 0.2) is 34.6 Å². The lowest BCUT2D eigenvalue weighted by Gasteiger charge is -2.15. The minimum atomic E-state index is 0.526. The van der Waals surface area contributed by atoms with Crippen molar-refractivity contribution in [3.63, 3.8) is 0 Å². The van der Waals surface area contributed by atoms with Crippen molar-refractivity contribution >= 4 is 6.21 Å². The Hall–Kier alpha value is -1.07. The van der Waals surface area contributed by atoms with E-state index < -0.39 is 0 Å². The van der Waals surface area contributed by atoms with Crippen LogP contribution < -0.4 is 0 Å². The zero-order valence-corrected chi connectivity index (χ0v) is 16.0. The van der Waals surface area contributed by atoms with Gasteiger partial charge in [0.05, 0.1) is 5.70 Å². The highest BCUT2D eigenvalue weighted by molar-refractivity contribution is 5.79. The summed E-state index contributed by atoms with van der Waals surface area (Å²) in [5, 5.41) is 0. The van der Waals surface area contributed by atoms with Gasteiger partial charge in [-0.3, -0.25) is 4.99 Å². The van der Waals surface area contributed by atoms with Crippen LogP contribution in [-0.4, -0.2) is 6.21 Å². The van der Waals surface area contributed by atoms with E-state index in [1.807, 2.05) is 20.1 Å². The van der Waals surface area contributed by atoms with Gasteiger partial charge >= 0.3 is 0 Å². The van der Waals surface area contributed by atoms with E-state index >= 15 is 0 Å². The lowest BCUT2D eigenvalue weighted by atomic mass is 9.94. The molecule has 0 amide bonds. The van der Waals surface area contributed by atoms with E-state index in [4.69, 9.17) is 0 Å². The molecule has 0 aliphatic carbocycles. The molecule has 1 nitrogen and oxygen atoms in total. The smallest absolute Gasteiger partial charge is 0.0845 e. The fraction of sp³-hybridized carbons (Fsp3) is 0.714. The van der Waals surface area contributed by atoms with Crippen LogP contribution >= 0.6 is 0 Å². The topological polar surface area (TPSA) is 12.4 Å². The van der Waals surface area contributed by atoms with E-state index in [0.717, 1.165) is 12.1 Å². The molecule has 0 aromatic carbocycles. The molecule has 0 aromatic rings. The largest absolute Gasteiger partial charge is 0.252 e. The van der Waals surface area contributed by atoms with Crippen LogP contribution in [0.4, 0.5) is 0 Å². The third-order valence-corrected chi connectivity index (χ3v) is 3.67. The fourth-order valence-corrected chi connectivity index (χ4v) is 2.33. The summed E-state index contributed by atoms with van der Waals surface area (Å²) in [7, 11) is 0. The first-order chi connectivity index (χ1) is 10.7. The first-order valence-corrected chi connectivity index (χ1v) is 9.32. The Morgan fingerprint density at radius 2 is 1.68 bits per heavy atom. The van der Waals surface area contributed by atoms with Crippen LogP contribution in [0.3, 0.4) is 0 Å². The van der Waals surface area contributed by atoms with Crippen LogP contribution in [-0.2, 0) is 0 Å². The molecule has 0 aliphatic rings. The predicted molar refractivity (Wildman–Crippen MR) is 104 cm³/mol. The lowest BCUT2D eigenvalue weighted by Crippen LogP contribution is -2.03. The van der Waals surface area contributed by atoms with Crippen LogP contribution in [0.1, 0.15) is 92.9 Å². The van der Waals surface area contributed by atoms with Crippen molar-refractivity contribution in [3.05, 3.63) is 29.7 Å². The van der Waals surface area contributed by atoms with Gasteiger partial charge in [-0.15, -0.1) is 5.73 Å². The maximum absolute atomic E-state index is 4.69. The highest BCUT2D eigenvalue weighted by Crippen LogP contribution is 2.23. The van der Waals surface area contributed by atoms with Gasteiger partial charge in [0.15, 0.2) is 0 Å². The average Bonchev–Trinajstić information content (AvgIpc) is 2.57. The molecule has 1 heteroatoms. The molecule has 0 heterocycles. The van der Waals surface area contributed by atoms with Gasteiger partial charge in [0.1, 0.15) is 0 Å².